The molecule has 0 spiro atoms. The molecule has 4 heteroatoms. The number of carbonyl (C=O) groups is 2. The molecule has 0 fully saturated rings. The van der Waals surface area contributed by atoms with Gasteiger partial charge in [-0.25, -0.2) is 0 Å². The number of amides is 2. The van der Waals surface area contributed by atoms with Crippen molar-refractivity contribution in [1.29, 1.82) is 0 Å². The summed E-state index contributed by atoms with van der Waals surface area (Å²) in [5, 5.41) is 5.60. The van der Waals surface area contributed by atoms with Crippen molar-refractivity contribution in [3.8, 4) is 11.8 Å². The third kappa shape index (κ3) is 5.40. The lowest BCUT2D eigenvalue weighted by Gasteiger charge is -2.11. The largest absolute Gasteiger partial charge is 0.341 e. The second-order valence-corrected chi connectivity index (χ2v) is 5.67. The van der Waals surface area contributed by atoms with Gasteiger partial charge in [0.2, 0.25) is 11.8 Å². The van der Waals surface area contributed by atoms with E-state index in [-0.39, 0.29) is 11.8 Å². The van der Waals surface area contributed by atoms with Crippen LogP contribution < -0.4 is 10.6 Å². The van der Waals surface area contributed by atoms with Gasteiger partial charge in [-0.1, -0.05) is 24.0 Å². The molecule has 0 aromatic heterocycles. The molecular formula is C18H24N2O2. The van der Waals surface area contributed by atoms with E-state index < -0.39 is 0 Å². The summed E-state index contributed by atoms with van der Waals surface area (Å²) in [4.78, 5) is 23.6. The molecule has 0 unspecified atom stereocenters. The molecule has 0 saturated heterocycles. The van der Waals surface area contributed by atoms with E-state index in [0.29, 0.717) is 13.1 Å². The van der Waals surface area contributed by atoms with E-state index in [1.807, 2.05) is 12.2 Å². The SMILES string of the molecule is O=C(NCC#CCNC(=O)C1=CCCCC1)C1=CCCCC1. The van der Waals surface area contributed by atoms with Crippen LogP contribution in [0.15, 0.2) is 23.3 Å². The second-order valence-electron chi connectivity index (χ2n) is 5.67. The van der Waals surface area contributed by atoms with E-state index in [4.69, 9.17) is 0 Å². The standard InChI is InChI=1S/C18H24N2O2/c21-17(15-9-3-1-4-10-15)19-13-7-8-14-20-18(22)16-11-5-2-6-12-16/h9,11H,1-6,10,12-14H2,(H,19,21)(H,20,22). The maximum Gasteiger partial charge on any atom is 0.247 e. The summed E-state index contributed by atoms with van der Waals surface area (Å²) in [6, 6.07) is 0. The fraction of sp³-hybridized carbons (Fsp3) is 0.556. The van der Waals surface area contributed by atoms with Gasteiger partial charge in [0.05, 0.1) is 13.1 Å². The van der Waals surface area contributed by atoms with Gasteiger partial charge in [-0.05, 0) is 51.4 Å². The number of hydrogen-bond donors (Lipinski definition) is 2. The Balaban J connectivity index is 1.62. The molecule has 4 nitrogen and oxygen atoms in total. The van der Waals surface area contributed by atoms with Crippen molar-refractivity contribution >= 4 is 11.8 Å². The monoisotopic (exact) mass is 300 g/mol. The van der Waals surface area contributed by atoms with E-state index in [1.54, 1.807) is 0 Å². The Hall–Kier alpha value is -2.02. The van der Waals surface area contributed by atoms with Crippen molar-refractivity contribution in [2.75, 3.05) is 13.1 Å². The number of allylic oxidation sites excluding steroid dienone is 2. The predicted molar refractivity (Wildman–Crippen MR) is 86.9 cm³/mol. The van der Waals surface area contributed by atoms with Crippen LogP contribution >= 0.6 is 0 Å². The normalized spacial score (nSPS) is 17.5. The molecule has 0 saturated carbocycles. The molecule has 0 aromatic carbocycles. The number of rotatable bonds is 4. The molecule has 0 bridgehead atoms. The molecule has 2 aliphatic carbocycles. The van der Waals surface area contributed by atoms with Crippen molar-refractivity contribution < 1.29 is 9.59 Å². The van der Waals surface area contributed by atoms with E-state index >= 15 is 0 Å². The third-order valence-corrected chi connectivity index (χ3v) is 3.96. The lowest BCUT2D eigenvalue weighted by atomic mass is 9.99. The van der Waals surface area contributed by atoms with E-state index in [9.17, 15) is 9.59 Å². The Labute approximate surface area is 132 Å². The molecule has 2 N–H and O–H groups in total. The van der Waals surface area contributed by atoms with Crippen molar-refractivity contribution in [3.63, 3.8) is 0 Å². The van der Waals surface area contributed by atoms with Gasteiger partial charge in [0.1, 0.15) is 0 Å². The summed E-state index contributed by atoms with van der Waals surface area (Å²) in [5.41, 5.74) is 1.76. The van der Waals surface area contributed by atoms with Crippen LogP contribution in [0.4, 0.5) is 0 Å². The van der Waals surface area contributed by atoms with E-state index in [2.05, 4.69) is 22.5 Å². The molecule has 0 radical (unpaired) electrons. The minimum absolute atomic E-state index is 0.00889. The van der Waals surface area contributed by atoms with Crippen LogP contribution in [0, 0.1) is 11.8 Å². The van der Waals surface area contributed by atoms with E-state index in [0.717, 1.165) is 49.7 Å². The summed E-state index contributed by atoms with van der Waals surface area (Å²) in [7, 11) is 0. The van der Waals surface area contributed by atoms with Crippen LogP contribution in [0.3, 0.4) is 0 Å². The Bertz CT molecular complexity index is 489. The summed E-state index contributed by atoms with van der Waals surface area (Å²) < 4.78 is 0. The lowest BCUT2D eigenvalue weighted by molar-refractivity contribution is -0.118. The van der Waals surface area contributed by atoms with Crippen molar-refractivity contribution in [1.82, 2.24) is 10.6 Å². The summed E-state index contributed by atoms with van der Waals surface area (Å²) >= 11 is 0. The molecule has 0 aliphatic heterocycles. The van der Waals surface area contributed by atoms with Gasteiger partial charge in [0.25, 0.3) is 0 Å². The molecule has 0 heterocycles. The Morgan fingerprint density at radius 1 is 0.818 bits per heavy atom. The second kappa shape index (κ2) is 9.09. The zero-order valence-electron chi connectivity index (χ0n) is 13.0. The van der Waals surface area contributed by atoms with Gasteiger partial charge in [0, 0.05) is 11.1 Å². The molecular weight excluding hydrogens is 276 g/mol. The fourth-order valence-electron chi connectivity index (χ4n) is 2.69. The van der Waals surface area contributed by atoms with Crippen LogP contribution in [0.2, 0.25) is 0 Å². The van der Waals surface area contributed by atoms with Gasteiger partial charge < -0.3 is 10.6 Å². The van der Waals surface area contributed by atoms with Crippen LogP contribution in [-0.2, 0) is 9.59 Å². The average Bonchev–Trinajstić information content (AvgIpc) is 2.59. The lowest BCUT2D eigenvalue weighted by Crippen LogP contribution is -2.27. The topological polar surface area (TPSA) is 58.2 Å². The smallest absolute Gasteiger partial charge is 0.247 e. The van der Waals surface area contributed by atoms with Gasteiger partial charge in [0.15, 0.2) is 0 Å². The number of nitrogens with one attached hydrogen (secondary N) is 2. The van der Waals surface area contributed by atoms with Gasteiger partial charge in [-0.3, -0.25) is 9.59 Å². The maximum atomic E-state index is 11.8. The van der Waals surface area contributed by atoms with Crippen LogP contribution in [-0.4, -0.2) is 24.9 Å². The average molecular weight is 300 g/mol. The minimum Gasteiger partial charge on any atom is -0.341 e. The van der Waals surface area contributed by atoms with Gasteiger partial charge in [-0.15, -0.1) is 0 Å². The number of hydrogen-bond acceptors (Lipinski definition) is 2. The van der Waals surface area contributed by atoms with Crippen molar-refractivity contribution in [3.05, 3.63) is 23.3 Å². The van der Waals surface area contributed by atoms with Crippen LogP contribution in [0.1, 0.15) is 51.4 Å². The third-order valence-electron chi connectivity index (χ3n) is 3.96. The molecule has 2 aliphatic rings. The zero-order chi connectivity index (χ0) is 15.6. The fourth-order valence-corrected chi connectivity index (χ4v) is 2.69. The van der Waals surface area contributed by atoms with Gasteiger partial charge in [-0.2, -0.15) is 0 Å². The van der Waals surface area contributed by atoms with Crippen LogP contribution in [0.5, 0.6) is 0 Å². The molecule has 0 atom stereocenters. The summed E-state index contributed by atoms with van der Waals surface area (Å²) in [6.07, 6.45) is 12.3. The van der Waals surface area contributed by atoms with Crippen molar-refractivity contribution in [2.24, 2.45) is 0 Å². The summed E-state index contributed by atoms with van der Waals surface area (Å²) in [6.45, 7) is 0.656. The highest BCUT2D eigenvalue weighted by atomic mass is 16.2. The van der Waals surface area contributed by atoms with Crippen LogP contribution in [0.25, 0.3) is 0 Å². The summed E-state index contributed by atoms with van der Waals surface area (Å²) in [5.74, 6) is 5.72. The Morgan fingerprint density at radius 3 is 1.64 bits per heavy atom. The quantitative estimate of drug-likeness (QED) is 0.782. The highest BCUT2D eigenvalue weighted by Gasteiger charge is 2.11. The van der Waals surface area contributed by atoms with E-state index in [1.165, 1.54) is 12.8 Å². The molecule has 2 amide bonds. The maximum absolute atomic E-state index is 11.8. The first-order valence-corrected chi connectivity index (χ1v) is 8.17. The molecule has 0 aromatic rings. The minimum atomic E-state index is -0.00889. The number of carbonyl (C=O) groups excluding carboxylic acids is 2. The first kappa shape index (κ1) is 16.4. The molecule has 2 rings (SSSR count). The predicted octanol–water partition coefficient (Wildman–Crippen LogP) is 2.22. The first-order valence-electron chi connectivity index (χ1n) is 8.17. The Morgan fingerprint density at radius 2 is 1.27 bits per heavy atom. The van der Waals surface area contributed by atoms with Crippen molar-refractivity contribution in [2.45, 2.75) is 51.4 Å². The zero-order valence-corrected chi connectivity index (χ0v) is 13.0. The first-order chi connectivity index (χ1) is 10.8. The Kier molecular flexibility index (Phi) is 6.76. The molecule has 118 valence electrons. The molecule has 22 heavy (non-hydrogen) atoms. The highest BCUT2D eigenvalue weighted by molar-refractivity contribution is 5.94. The highest BCUT2D eigenvalue weighted by Crippen LogP contribution is 2.17. The van der Waals surface area contributed by atoms with Gasteiger partial charge >= 0.3 is 0 Å².